The smallest absolute Gasteiger partial charge is 0.111 e. The molecule has 3 rings (SSSR count). The summed E-state index contributed by atoms with van der Waals surface area (Å²) in [5.41, 5.74) is 4.10. The molecule has 3 nitrogen and oxygen atoms in total. The van der Waals surface area contributed by atoms with E-state index >= 15 is 0 Å². The zero-order valence-electron chi connectivity index (χ0n) is 11.9. The Bertz CT molecular complexity index is 767. The molecule has 0 atom stereocenters. The minimum Gasteiger partial charge on any atom is -0.344 e. The Kier molecular flexibility index (Phi) is 3.91. The summed E-state index contributed by atoms with van der Waals surface area (Å²) in [6, 6.07) is 9.90. The van der Waals surface area contributed by atoms with Crippen LogP contribution in [0.4, 0.5) is 0 Å². The number of thioether (sulfide) groups is 1. The molecule has 21 heavy (non-hydrogen) atoms. The van der Waals surface area contributed by atoms with Gasteiger partial charge >= 0.3 is 0 Å². The van der Waals surface area contributed by atoms with Crippen molar-refractivity contribution in [1.82, 2.24) is 15.0 Å². The maximum absolute atomic E-state index is 6.23. The molecule has 0 aliphatic heterocycles. The van der Waals surface area contributed by atoms with Gasteiger partial charge in [0.15, 0.2) is 0 Å². The van der Waals surface area contributed by atoms with Crippen molar-refractivity contribution >= 4 is 34.4 Å². The van der Waals surface area contributed by atoms with E-state index in [0.717, 1.165) is 33.1 Å². The summed E-state index contributed by atoms with van der Waals surface area (Å²) in [5.74, 6) is 0.842. The molecule has 2 heterocycles. The van der Waals surface area contributed by atoms with Crippen molar-refractivity contribution in [3.05, 3.63) is 59.1 Å². The molecule has 0 aliphatic carbocycles. The van der Waals surface area contributed by atoms with E-state index in [9.17, 15) is 0 Å². The van der Waals surface area contributed by atoms with Crippen LogP contribution in [0.2, 0.25) is 5.02 Å². The van der Waals surface area contributed by atoms with Gasteiger partial charge in [0.05, 0.1) is 22.3 Å². The monoisotopic (exact) mass is 317 g/mol. The number of fused-ring (bicyclic) bond motifs is 1. The molecule has 108 valence electrons. The highest BCUT2D eigenvalue weighted by atomic mass is 35.5. The number of nitrogens with zero attached hydrogens (tertiary/aromatic N) is 2. The van der Waals surface area contributed by atoms with Crippen molar-refractivity contribution in [2.75, 3.05) is 0 Å². The van der Waals surface area contributed by atoms with Gasteiger partial charge in [-0.15, -0.1) is 11.8 Å². The summed E-state index contributed by atoms with van der Waals surface area (Å²) in [5, 5.41) is 0.812. The van der Waals surface area contributed by atoms with E-state index in [-0.39, 0.29) is 4.75 Å². The molecule has 1 aromatic carbocycles. The van der Waals surface area contributed by atoms with Crippen LogP contribution in [-0.2, 0) is 10.5 Å². The van der Waals surface area contributed by atoms with Crippen LogP contribution < -0.4 is 0 Å². The van der Waals surface area contributed by atoms with Gasteiger partial charge in [0.25, 0.3) is 0 Å². The second kappa shape index (κ2) is 5.70. The van der Waals surface area contributed by atoms with Crippen LogP contribution in [0.3, 0.4) is 0 Å². The first-order valence-electron chi connectivity index (χ1n) is 6.74. The topological polar surface area (TPSA) is 41.6 Å². The van der Waals surface area contributed by atoms with Crippen LogP contribution in [0.1, 0.15) is 25.1 Å². The van der Waals surface area contributed by atoms with Crippen LogP contribution in [0, 0.1) is 0 Å². The number of H-pyrrole nitrogens is 1. The van der Waals surface area contributed by atoms with Crippen molar-refractivity contribution < 1.29 is 0 Å². The average molecular weight is 318 g/mol. The Balaban J connectivity index is 1.87. The van der Waals surface area contributed by atoms with Crippen molar-refractivity contribution in [3.8, 4) is 0 Å². The zero-order valence-corrected chi connectivity index (χ0v) is 13.5. The molecule has 1 N–H and O–H groups in total. The fourth-order valence-electron chi connectivity index (χ4n) is 2.25. The molecule has 2 aromatic heterocycles. The molecule has 0 saturated heterocycles. The quantitative estimate of drug-likeness (QED) is 0.753. The van der Waals surface area contributed by atoms with E-state index in [4.69, 9.17) is 11.6 Å². The molecule has 0 aliphatic rings. The number of aromatic amines is 1. The molecule has 0 amide bonds. The lowest BCUT2D eigenvalue weighted by atomic mass is 10.1. The second-order valence-electron chi connectivity index (χ2n) is 5.35. The molecule has 3 aromatic rings. The Morgan fingerprint density at radius 1 is 1.19 bits per heavy atom. The molecule has 0 unspecified atom stereocenters. The molecule has 0 spiro atoms. The van der Waals surface area contributed by atoms with Crippen molar-refractivity contribution in [3.63, 3.8) is 0 Å². The first-order valence-corrected chi connectivity index (χ1v) is 8.10. The van der Waals surface area contributed by atoms with Crippen LogP contribution in [0.25, 0.3) is 11.0 Å². The number of halogens is 1. The molecule has 0 fully saturated rings. The third-order valence-electron chi connectivity index (χ3n) is 3.45. The van der Waals surface area contributed by atoms with Gasteiger partial charge in [-0.2, -0.15) is 0 Å². The van der Waals surface area contributed by atoms with E-state index in [2.05, 4.69) is 34.9 Å². The SMILES string of the molecule is CC(C)(SCc1ccccc1Cl)c1nccc2[nH]cnc12. The lowest BCUT2D eigenvalue weighted by Crippen LogP contribution is -2.15. The van der Waals surface area contributed by atoms with Crippen LogP contribution in [0.15, 0.2) is 42.9 Å². The highest BCUT2D eigenvalue weighted by Crippen LogP contribution is 2.39. The summed E-state index contributed by atoms with van der Waals surface area (Å²) in [6.07, 6.45) is 3.54. The molecule has 5 heteroatoms. The van der Waals surface area contributed by atoms with Crippen LogP contribution >= 0.6 is 23.4 Å². The van der Waals surface area contributed by atoms with Gasteiger partial charge in [0, 0.05) is 17.0 Å². The van der Waals surface area contributed by atoms with Crippen molar-refractivity contribution in [1.29, 1.82) is 0 Å². The van der Waals surface area contributed by atoms with Gasteiger partial charge in [-0.1, -0.05) is 29.8 Å². The summed E-state index contributed by atoms with van der Waals surface area (Å²) in [4.78, 5) is 12.1. The Morgan fingerprint density at radius 3 is 2.81 bits per heavy atom. The van der Waals surface area contributed by atoms with Gasteiger partial charge in [0.2, 0.25) is 0 Å². The number of nitrogens with one attached hydrogen (secondary N) is 1. The summed E-state index contributed by atoms with van der Waals surface area (Å²) < 4.78 is -0.145. The number of hydrogen-bond acceptors (Lipinski definition) is 3. The maximum Gasteiger partial charge on any atom is 0.111 e. The predicted molar refractivity (Wildman–Crippen MR) is 89.7 cm³/mol. The fraction of sp³-hybridized carbons (Fsp3) is 0.250. The number of pyridine rings is 1. The highest BCUT2D eigenvalue weighted by Gasteiger charge is 2.26. The largest absolute Gasteiger partial charge is 0.344 e. The Labute approximate surface area is 133 Å². The van der Waals surface area contributed by atoms with E-state index < -0.39 is 0 Å². The average Bonchev–Trinajstić information content (AvgIpc) is 2.94. The number of aromatic nitrogens is 3. The number of benzene rings is 1. The van der Waals surface area contributed by atoms with Gasteiger partial charge in [-0.3, -0.25) is 4.98 Å². The molecular weight excluding hydrogens is 302 g/mol. The van der Waals surface area contributed by atoms with E-state index in [1.54, 1.807) is 6.33 Å². The molecular formula is C16H16ClN3S. The normalized spacial score (nSPS) is 12.0. The molecule has 0 radical (unpaired) electrons. The summed E-state index contributed by atoms with van der Waals surface area (Å²) in [7, 11) is 0. The van der Waals surface area contributed by atoms with Crippen molar-refractivity contribution in [2.24, 2.45) is 0 Å². The highest BCUT2D eigenvalue weighted by molar-refractivity contribution is 7.99. The molecule has 0 bridgehead atoms. The number of rotatable bonds is 4. The van der Waals surface area contributed by atoms with Gasteiger partial charge in [0.1, 0.15) is 5.52 Å². The first kappa shape index (κ1) is 14.4. The first-order chi connectivity index (χ1) is 10.1. The minimum absolute atomic E-state index is 0.145. The van der Waals surface area contributed by atoms with Crippen LogP contribution in [-0.4, -0.2) is 15.0 Å². The number of imidazole rings is 1. The number of hydrogen-bond donors (Lipinski definition) is 1. The van der Waals surface area contributed by atoms with E-state index in [1.807, 2.05) is 42.2 Å². The standard InChI is InChI=1S/C16H16ClN3S/c1-16(2,21-9-11-5-3-4-6-12(11)17)15-14-13(7-8-18-15)19-10-20-14/h3-8,10H,9H2,1-2H3,(H,19,20). The molecule has 0 saturated carbocycles. The van der Waals surface area contributed by atoms with Crippen molar-refractivity contribution in [2.45, 2.75) is 24.3 Å². The summed E-state index contributed by atoms with van der Waals surface area (Å²) >= 11 is 8.05. The fourth-order valence-corrected chi connectivity index (χ4v) is 3.59. The second-order valence-corrected chi connectivity index (χ2v) is 7.35. The van der Waals surface area contributed by atoms with Gasteiger partial charge in [-0.25, -0.2) is 4.98 Å². The predicted octanol–water partition coefficient (Wildman–Crippen LogP) is 4.78. The Morgan fingerprint density at radius 2 is 2.00 bits per heavy atom. The third-order valence-corrected chi connectivity index (χ3v) is 5.19. The lowest BCUT2D eigenvalue weighted by Gasteiger charge is -2.24. The minimum atomic E-state index is -0.145. The van der Waals surface area contributed by atoms with Gasteiger partial charge in [-0.05, 0) is 31.5 Å². The third kappa shape index (κ3) is 2.92. The van der Waals surface area contributed by atoms with E-state index in [0.29, 0.717) is 0 Å². The Hall–Kier alpha value is -1.52. The van der Waals surface area contributed by atoms with Crippen LogP contribution in [0.5, 0.6) is 0 Å². The maximum atomic E-state index is 6.23. The zero-order chi connectivity index (χ0) is 14.9. The summed E-state index contributed by atoms with van der Waals surface area (Å²) in [6.45, 7) is 4.34. The van der Waals surface area contributed by atoms with E-state index in [1.165, 1.54) is 0 Å². The van der Waals surface area contributed by atoms with Gasteiger partial charge < -0.3 is 4.98 Å². The lowest BCUT2D eigenvalue weighted by molar-refractivity contribution is 0.754.